The normalized spacial score (nSPS) is 19.9. The number of ether oxygens (including phenoxy) is 1. The summed E-state index contributed by atoms with van der Waals surface area (Å²) in [4.78, 5) is 22.3. The van der Waals surface area contributed by atoms with Crippen molar-refractivity contribution in [3.8, 4) is 0 Å². The minimum Gasteiger partial charge on any atom is -0.481 e. The molecule has 0 spiro atoms. The Bertz CT molecular complexity index is 274. The monoisotopic (exact) mass is 324 g/mol. The van der Waals surface area contributed by atoms with Gasteiger partial charge in [0.25, 0.3) is 0 Å². The number of carbonyl (C=O) groups is 2. The van der Waals surface area contributed by atoms with E-state index in [9.17, 15) is 9.59 Å². The first kappa shape index (κ1) is 23.1. The van der Waals surface area contributed by atoms with E-state index >= 15 is 0 Å². The Morgan fingerprint density at radius 3 is 1.64 bits per heavy atom. The van der Waals surface area contributed by atoms with Crippen LogP contribution >= 0.6 is 0 Å². The molecule has 0 amide bonds. The summed E-state index contributed by atoms with van der Waals surface area (Å²) in [6.07, 6.45) is 3.06. The smallest absolute Gasteiger partial charge is 0.309 e. The standard InChI is InChI=1S/C10H16O4.2C2H6O2/c1-2-14-10(13)8-6-4-3-5-7(8)9(11)12;2*3-1-2-4/h7-8H,2-6H2,1H3,(H,11,12);2*3-4H,1-2H2. The van der Waals surface area contributed by atoms with Crippen LogP contribution in [0.5, 0.6) is 0 Å². The van der Waals surface area contributed by atoms with Crippen molar-refractivity contribution in [2.24, 2.45) is 11.8 Å². The lowest BCUT2D eigenvalue weighted by molar-refractivity contribution is -0.159. The van der Waals surface area contributed by atoms with Gasteiger partial charge in [0.05, 0.1) is 44.9 Å². The van der Waals surface area contributed by atoms with E-state index in [0.29, 0.717) is 19.4 Å². The molecule has 1 aliphatic rings. The fourth-order valence-electron chi connectivity index (χ4n) is 1.96. The summed E-state index contributed by atoms with van der Waals surface area (Å²) in [6.45, 7) is 1.55. The van der Waals surface area contributed by atoms with Gasteiger partial charge in [-0.05, 0) is 19.8 Å². The summed E-state index contributed by atoms with van der Waals surface area (Å²) in [7, 11) is 0. The number of aliphatic carboxylic acids is 1. The summed E-state index contributed by atoms with van der Waals surface area (Å²) in [6, 6.07) is 0. The Morgan fingerprint density at radius 1 is 0.909 bits per heavy atom. The fraction of sp³-hybridized carbons (Fsp3) is 0.857. The molecule has 1 fully saturated rings. The van der Waals surface area contributed by atoms with Crippen LogP contribution in [-0.2, 0) is 14.3 Å². The Labute approximate surface area is 130 Å². The summed E-state index contributed by atoms with van der Waals surface area (Å²) in [5, 5.41) is 39.4. The second-order valence-corrected chi connectivity index (χ2v) is 4.48. The van der Waals surface area contributed by atoms with Crippen LogP contribution in [0.25, 0.3) is 0 Å². The SMILES string of the molecule is CCOC(=O)C1CCCCC1C(=O)O.OCCO.OCCO. The molecule has 0 aromatic heterocycles. The molecule has 0 aromatic carbocycles. The van der Waals surface area contributed by atoms with Crippen molar-refractivity contribution in [2.75, 3.05) is 33.0 Å². The molecule has 0 radical (unpaired) electrons. The maximum absolute atomic E-state index is 11.4. The van der Waals surface area contributed by atoms with E-state index in [0.717, 1.165) is 12.8 Å². The lowest BCUT2D eigenvalue weighted by atomic mass is 9.79. The predicted molar refractivity (Wildman–Crippen MR) is 78.1 cm³/mol. The molecule has 1 aliphatic carbocycles. The van der Waals surface area contributed by atoms with Crippen LogP contribution in [0.3, 0.4) is 0 Å². The number of carboxylic acid groups (broad SMARTS) is 1. The predicted octanol–water partition coefficient (Wildman–Crippen LogP) is -0.617. The molecule has 132 valence electrons. The molecule has 5 N–H and O–H groups in total. The third-order valence-corrected chi connectivity index (χ3v) is 2.87. The molecule has 0 aromatic rings. The number of rotatable bonds is 5. The average molecular weight is 324 g/mol. The van der Waals surface area contributed by atoms with Crippen molar-refractivity contribution in [1.29, 1.82) is 0 Å². The Morgan fingerprint density at radius 2 is 1.32 bits per heavy atom. The van der Waals surface area contributed by atoms with E-state index in [1.165, 1.54) is 0 Å². The van der Waals surface area contributed by atoms with Crippen molar-refractivity contribution in [3.63, 3.8) is 0 Å². The minimum absolute atomic E-state index is 0.125. The van der Waals surface area contributed by atoms with Gasteiger partial charge in [0.15, 0.2) is 0 Å². The van der Waals surface area contributed by atoms with Crippen LogP contribution in [0.1, 0.15) is 32.6 Å². The van der Waals surface area contributed by atoms with Crippen LogP contribution in [0.4, 0.5) is 0 Å². The third-order valence-electron chi connectivity index (χ3n) is 2.87. The number of esters is 1. The van der Waals surface area contributed by atoms with Gasteiger partial charge in [0.2, 0.25) is 0 Å². The van der Waals surface area contributed by atoms with Crippen LogP contribution in [0.15, 0.2) is 0 Å². The quantitative estimate of drug-likeness (QED) is 0.421. The van der Waals surface area contributed by atoms with E-state index < -0.39 is 17.8 Å². The van der Waals surface area contributed by atoms with Gasteiger partial charge < -0.3 is 30.3 Å². The number of hydrogen-bond acceptors (Lipinski definition) is 7. The van der Waals surface area contributed by atoms with Gasteiger partial charge in [-0.3, -0.25) is 9.59 Å². The molecule has 1 rings (SSSR count). The lowest BCUT2D eigenvalue weighted by Crippen LogP contribution is -2.33. The van der Waals surface area contributed by atoms with Crippen molar-refractivity contribution in [2.45, 2.75) is 32.6 Å². The number of carboxylic acids is 1. The maximum Gasteiger partial charge on any atom is 0.309 e. The van der Waals surface area contributed by atoms with Crippen LogP contribution in [-0.4, -0.2) is 70.5 Å². The fourth-order valence-corrected chi connectivity index (χ4v) is 1.96. The van der Waals surface area contributed by atoms with E-state index in [4.69, 9.17) is 30.3 Å². The van der Waals surface area contributed by atoms with Gasteiger partial charge in [0, 0.05) is 0 Å². The highest BCUT2D eigenvalue weighted by Gasteiger charge is 2.36. The van der Waals surface area contributed by atoms with Crippen molar-refractivity contribution in [3.05, 3.63) is 0 Å². The number of aliphatic hydroxyl groups is 4. The molecule has 8 nitrogen and oxygen atoms in total. The Kier molecular flexibility index (Phi) is 16.9. The highest BCUT2D eigenvalue weighted by Crippen LogP contribution is 2.31. The third kappa shape index (κ3) is 11.4. The first-order chi connectivity index (χ1) is 10.5. The molecule has 0 aliphatic heterocycles. The second kappa shape index (κ2) is 16.2. The molecule has 2 unspecified atom stereocenters. The lowest BCUT2D eigenvalue weighted by Gasteiger charge is -2.26. The van der Waals surface area contributed by atoms with Crippen LogP contribution in [0, 0.1) is 11.8 Å². The van der Waals surface area contributed by atoms with Crippen LogP contribution in [0.2, 0.25) is 0 Å². The zero-order valence-corrected chi connectivity index (χ0v) is 13.0. The molecule has 0 bridgehead atoms. The molecule has 22 heavy (non-hydrogen) atoms. The topological polar surface area (TPSA) is 145 Å². The summed E-state index contributed by atoms with van der Waals surface area (Å²) < 4.78 is 4.86. The van der Waals surface area contributed by atoms with Gasteiger partial charge in [-0.2, -0.15) is 0 Å². The van der Waals surface area contributed by atoms with E-state index in [1.807, 2.05) is 0 Å². The molecule has 2 atom stereocenters. The van der Waals surface area contributed by atoms with Gasteiger partial charge in [-0.25, -0.2) is 0 Å². The van der Waals surface area contributed by atoms with Gasteiger partial charge in [-0.1, -0.05) is 12.8 Å². The van der Waals surface area contributed by atoms with E-state index in [1.54, 1.807) is 6.92 Å². The first-order valence-electron chi connectivity index (χ1n) is 7.32. The van der Waals surface area contributed by atoms with Crippen molar-refractivity contribution < 1.29 is 39.9 Å². The van der Waals surface area contributed by atoms with Gasteiger partial charge in [0.1, 0.15) is 0 Å². The Hall–Kier alpha value is -1.22. The highest BCUT2D eigenvalue weighted by atomic mass is 16.5. The van der Waals surface area contributed by atoms with E-state index in [2.05, 4.69) is 0 Å². The highest BCUT2D eigenvalue weighted by molar-refractivity contribution is 5.81. The summed E-state index contributed by atoms with van der Waals surface area (Å²) in [5.74, 6) is -2.19. The molecule has 1 saturated carbocycles. The number of aliphatic hydroxyl groups excluding tert-OH is 4. The molecular formula is C14H28O8. The van der Waals surface area contributed by atoms with E-state index in [-0.39, 0.29) is 32.4 Å². The Balaban J connectivity index is 0. The molecule has 0 saturated heterocycles. The molecule has 0 heterocycles. The zero-order chi connectivity index (χ0) is 17.4. The van der Waals surface area contributed by atoms with Crippen molar-refractivity contribution in [1.82, 2.24) is 0 Å². The first-order valence-corrected chi connectivity index (χ1v) is 7.32. The average Bonchev–Trinajstić information content (AvgIpc) is 2.55. The molecular weight excluding hydrogens is 296 g/mol. The zero-order valence-electron chi connectivity index (χ0n) is 13.0. The second-order valence-electron chi connectivity index (χ2n) is 4.48. The number of carbonyl (C=O) groups excluding carboxylic acids is 1. The van der Waals surface area contributed by atoms with Crippen molar-refractivity contribution >= 4 is 11.9 Å². The number of hydrogen-bond donors (Lipinski definition) is 5. The summed E-state index contributed by atoms with van der Waals surface area (Å²) in [5.41, 5.74) is 0. The molecule has 8 heteroatoms. The minimum atomic E-state index is -0.872. The maximum atomic E-state index is 11.4. The largest absolute Gasteiger partial charge is 0.481 e. The summed E-state index contributed by atoms with van der Waals surface area (Å²) >= 11 is 0. The van der Waals surface area contributed by atoms with Gasteiger partial charge >= 0.3 is 11.9 Å². The van der Waals surface area contributed by atoms with Gasteiger partial charge in [-0.15, -0.1) is 0 Å². The van der Waals surface area contributed by atoms with Crippen LogP contribution < -0.4 is 0 Å².